The molecule has 0 heterocycles. The van der Waals surface area contributed by atoms with Crippen LogP contribution in [0.15, 0.2) is 22.0 Å². The molecule has 2 amide bonds. The Bertz CT molecular complexity index is 928. The molecular formula is C19H25N5O2S. The average molecular weight is 388 g/mol. The van der Waals surface area contributed by atoms with E-state index in [9.17, 15) is 9.00 Å². The standard InChI is InChI=1S/C19H25N5O2S/c1-19(2,20)10-11-27(26,24-21-3)23-18(25)22-17-15-8-4-6-13(15)12-14-7-5-9-16(14)17/h10-12H,4-9,20H2,1-2H3,(H2,22,23,24,25,26)/b11-10+. The smallest absolute Gasteiger partial charge is 0.322 e. The molecule has 2 aliphatic rings. The fourth-order valence-corrected chi connectivity index (χ4v) is 4.79. The predicted molar refractivity (Wildman–Crippen MR) is 107 cm³/mol. The largest absolute Gasteiger partial charge is 0.332 e. The van der Waals surface area contributed by atoms with Crippen LogP contribution in [-0.4, -0.2) is 15.8 Å². The molecule has 1 atom stereocenters. The summed E-state index contributed by atoms with van der Waals surface area (Å²) in [6.45, 7) is 10.3. The van der Waals surface area contributed by atoms with E-state index in [0.717, 1.165) is 44.2 Å². The lowest BCUT2D eigenvalue weighted by molar-refractivity contribution is 0.257. The molecule has 0 saturated carbocycles. The molecule has 4 N–H and O–H groups in total. The first-order chi connectivity index (χ1) is 12.7. The maximum Gasteiger partial charge on any atom is 0.332 e. The SMILES string of the molecule is [C-]#[N+]N=S(=O)(/C=C/C(C)(C)N)NC(=O)Nc1c2c(cc3c1CCC3)CCC2. The molecule has 2 aliphatic carbocycles. The minimum Gasteiger partial charge on any atom is -0.322 e. The minimum absolute atomic E-state index is 0.624. The molecule has 0 saturated heterocycles. The van der Waals surface area contributed by atoms with Crippen molar-refractivity contribution in [3.05, 3.63) is 51.3 Å². The number of amides is 2. The van der Waals surface area contributed by atoms with E-state index in [1.54, 1.807) is 13.8 Å². The summed E-state index contributed by atoms with van der Waals surface area (Å²) in [5.41, 5.74) is 10.9. The zero-order valence-corrected chi connectivity index (χ0v) is 16.5. The highest BCUT2D eigenvalue weighted by Crippen LogP contribution is 2.38. The van der Waals surface area contributed by atoms with Crippen molar-refractivity contribution in [3.8, 4) is 0 Å². The number of carbonyl (C=O) groups is 1. The van der Waals surface area contributed by atoms with Crippen LogP contribution in [0.5, 0.6) is 0 Å². The molecule has 0 spiro atoms. The Morgan fingerprint density at radius 2 is 1.85 bits per heavy atom. The van der Waals surface area contributed by atoms with Gasteiger partial charge in [0.05, 0.1) is 0 Å². The monoisotopic (exact) mass is 387 g/mol. The van der Waals surface area contributed by atoms with Gasteiger partial charge in [0.1, 0.15) is 0 Å². The van der Waals surface area contributed by atoms with Gasteiger partial charge in [-0.25, -0.2) is 13.7 Å². The van der Waals surface area contributed by atoms with Gasteiger partial charge in [-0.1, -0.05) is 12.1 Å². The van der Waals surface area contributed by atoms with Crippen LogP contribution >= 0.6 is 0 Å². The molecule has 27 heavy (non-hydrogen) atoms. The van der Waals surface area contributed by atoms with Gasteiger partial charge in [0.2, 0.25) is 9.92 Å². The molecule has 1 aromatic carbocycles. The van der Waals surface area contributed by atoms with Gasteiger partial charge in [0, 0.05) is 16.6 Å². The molecule has 0 fully saturated rings. The number of hydrogen-bond acceptors (Lipinski definition) is 4. The highest BCUT2D eigenvalue weighted by atomic mass is 32.2. The van der Waals surface area contributed by atoms with Crippen LogP contribution in [-0.2, 0) is 35.6 Å². The highest BCUT2D eigenvalue weighted by Gasteiger charge is 2.26. The molecule has 1 unspecified atom stereocenters. The summed E-state index contributed by atoms with van der Waals surface area (Å²) in [7, 11) is -3.37. The minimum atomic E-state index is -3.37. The fourth-order valence-electron chi connectivity index (χ4n) is 3.65. The van der Waals surface area contributed by atoms with Crippen molar-refractivity contribution >= 4 is 21.6 Å². The lowest BCUT2D eigenvalue weighted by atomic mass is 9.99. The van der Waals surface area contributed by atoms with E-state index >= 15 is 0 Å². The summed E-state index contributed by atoms with van der Waals surface area (Å²) in [5, 5.41) is 4.10. The number of nitrogens with one attached hydrogen (secondary N) is 2. The number of fused-ring (bicyclic) bond motifs is 2. The Kier molecular flexibility index (Phi) is 5.27. The van der Waals surface area contributed by atoms with Crippen molar-refractivity contribution in [3.63, 3.8) is 0 Å². The van der Waals surface area contributed by atoms with Gasteiger partial charge >= 0.3 is 6.03 Å². The van der Waals surface area contributed by atoms with Crippen molar-refractivity contribution < 1.29 is 9.00 Å². The number of aryl methyl sites for hydroxylation is 2. The number of urea groups is 1. The maximum atomic E-state index is 12.8. The first kappa shape index (κ1) is 19.4. The second-order valence-corrected chi connectivity index (χ2v) is 9.44. The summed E-state index contributed by atoms with van der Waals surface area (Å²) in [6.07, 6.45) is 7.54. The van der Waals surface area contributed by atoms with Crippen LogP contribution in [0.3, 0.4) is 0 Å². The van der Waals surface area contributed by atoms with Crippen LogP contribution in [0.1, 0.15) is 48.9 Å². The molecule has 0 bridgehead atoms. The van der Waals surface area contributed by atoms with Crippen molar-refractivity contribution in [1.82, 2.24) is 4.72 Å². The first-order valence-corrected chi connectivity index (χ1v) is 10.6. The molecule has 3 rings (SSSR count). The number of nitrogens with two attached hydrogens (primary N) is 1. The van der Waals surface area contributed by atoms with E-state index in [4.69, 9.17) is 12.3 Å². The van der Waals surface area contributed by atoms with Crippen molar-refractivity contribution in [2.75, 3.05) is 5.32 Å². The summed E-state index contributed by atoms with van der Waals surface area (Å²) >= 11 is 0. The van der Waals surface area contributed by atoms with Crippen LogP contribution in [0.25, 0.3) is 4.95 Å². The topological polar surface area (TPSA) is 101 Å². The summed E-state index contributed by atoms with van der Waals surface area (Å²) in [4.78, 5) is 15.4. The van der Waals surface area contributed by atoms with E-state index in [1.807, 2.05) is 0 Å². The molecule has 1 aromatic rings. The molecule has 144 valence electrons. The van der Waals surface area contributed by atoms with Crippen molar-refractivity contribution in [2.45, 2.75) is 57.9 Å². The summed E-state index contributed by atoms with van der Waals surface area (Å²) in [5.74, 6) is 0. The fraction of sp³-hybridized carbons (Fsp3) is 0.474. The van der Waals surface area contributed by atoms with Crippen molar-refractivity contribution in [2.24, 2.45) is 10.2 Å². The maximum absolute atomic E-state index is 12.8. The van der Waals surface area contributed by atoms with Crippen LogP contribution in [0, 0.1) is 6.57 Å². The lowest BCUT2D eigenvalue weighted by Gasteiger charge is -2.17. The highest BCUT2D eigenvalue weighted by molar-refractivity contribution is 7.95. The lowest BCUT2D eigenvalue weighted by Crippen LogP contribution is -2.35. The molecule has 0 aliphatic heterocycles. The number of nitrogens with zero attached hydrogens (tertiary/aromatic N) is 2. The molecule has 8 heteroatoms. The van der Waals surface area contributed by atoms with Gasteiger partial charge in [0.15, 0.2) is 4.47 Å². The molecule has 0 aromatic heterocycles. The van der Waals surface area contributed by atoms with Crippen LogP contribution in [0.4, 0.5) is 10.5 Å². The normalized spacial score (nSPS) is 17.7. The third-order valence-electron chi connectivity index (χ3n) is 4.79. The van der Waals surface area contributed by atoms with Gasteiger partial charge < -0.3 is 11.1 Å². The first-order valence-electron chi connectivity index (χ1n) is 9.07. The van der Waals surface area contributed by atoms with E-state index < -0.39 is 21.5 Å². The second kappa shape index (κ2) is 7.33. The Labute approximate surface area is 160 Å². The Morgan fingerprint density at radius 3 is 2.37 bits per heavy atom. The van der Waals surface area contributed by atoms with Crippen LogP contribution in [0.2, 0.25) is 0 Å². The van der Waals surface area contributed by atoms with E-state index in [2.05, 4.69) is 25.5 Å². The average Bonchev–Trinajstić information content (AvgIpc) is 3.21. The van der Waals surface area contributed by atoms with E-state index in [0.29, 0.717) is 0 Å². The van der Waals surface area contributed by atoms with Gasteiger partial charge in [-0.05, 0) is 74.6 Å². The predicted octanol–water partition coefficient (Wildman–Crippen LogP) is 3.25. The number of benzene rings is 1. The second-order valence-electron chi connectivity index (χ2n) is 7.66. The molecule has 7 nitrogen and oxygen atoms in total. The van der Waals surface area contributed by atoms with Crippen molar-refractivity contribution in [1.29, 1.82) is 0 Å². The summed E-state index contributed by atoms with van der Waals surface area (Å²) < 4.78 is 18.5. The summed E-state index contributed by atoms with van der Waals surface area (Å²) in [6, 6.07) is 1.65. The molecule has 0 radical (unpaired) electrons. The third-order valence-corrected chi connectivity index (χ3v) is 6.10. The number of carbonyl (C=O) groups excluding carboxylic acids is 1. The number of hydrogen-bond donors (Lipinski definition) is 3. The van der Waals surface area contributed by atoms with Gasteiger partial charge in [-0.2, -0.15) is 6.57 Å². The Morgan fingerprint density at radius 1 is 1.26 bits per heavy atom. The zero-order valence-electron chi connectivity index (χ0n) is 15.7. The van der Waals surface area contributed by atoms with Gasteiger partial charge in [-0.3, -0.25) is 0 Å². The number of rotatable bonds is 4. The van der Waals surface area contributed by atoms with Gasteiger partial charge in [0.25, 0.3) is 0 Å². The number of anilines is 1. The Balaban J connectivity index is 1.86. The van der Waals surface area contributed by atoms with Crippen LogP contribution < -0.4 is 15.8 Å². The quantitative estimate of drug-likeness (QED) is 0.546. The third kappa shape index (κ3) is 4.49. The zero-order chi connectivity index (χ0) is 19.7. The molecular weight excluding hydrogens is 362 g/mol. The van der Waals surface area contributed by atoms with Gasteiger partial charge in [-0.15, -0.1) is 4.95 Å². The van der Waals surface area contributed by atoms with E-state index in [1.165, 1.54) is 33.7 Å². The Hall–Kier alpha value is -2.37. The van der Waals surface area contributed by atoms with E-state index in [-0.39, 0.29) is 0 Å².